The van der Waals surface area contributed by atoms with Crippen LogP contribution in [0, 0.1) is 0 Å². The second-order valence-corrected chi connectivity index (χ2v) is 8.00. The van der Waals surface area contributed by atoms with E-state index in [4.69, 9.17) is 0 Å². The predicted molar refractivity (Wildman–Crippen MR) is 78.4 cm³/mol. The molecule has 0 unspecified atom stereocenters. The first kappa shape index (κ1) is 15.4. The summed E-state index contributed by atoms with van der Waals surface area (Å²) in [6.07, 6.45) is 0. The topological polar surface area (TPSA) is 46.2 Å². The van der Waals surface area contributed by atoms with Gasteiger partial charge in [-0.15, -0.1) is 0 Å². The van der Waals surface area contributed by atoms with Crippen molar-refractivity contribution in [3.63, 3.8) is 0 Å². The highest BCUT2D eigenvalue weighted by atomic mass is 79.9. The highest BCUT2D eigenvalue weighted by Gasteiger charge is 2.17. The molecule has 1 aromatic rings. The van der Waals surface area contributed by atoms with Crippen LogP contribution in [0.5, 0.6) is 0 Å². The zero-order valence-electron chi connectivity index (χ0n) is 10.8. The van der Waals surface area contributed by atoms with E-state index in [1.165, 1.54) is 0 Å². The van der Waals surface area contributed by atoms with Crippen LogP contribution in [0.25, 0.3) is 0 Å². The quantitative estimate of drug-likeness (QED) is 0.920. The van der Waals surface area contributed by atoms with Gasteiger partial charge < -0.3 is 0 Å². The van der Waals surface area contributed by atoms with Gasteiger partial charge in [0.1, 0.15) is 0 Å². The minimum Gasteiger partial charge on any atom is -0.207 e. The van der Waals surface area contributed by atoms with Crippen LogP contribution in [0.2, 0.25) is 0 Å². The third-order valence-corrected chi connectivity index (χ3v) is 4.18. The summed E-state index contributed by atoms with van der Waals surface area (Å²) in [7, 11) is -3.46. The third kappa shape index (κ3) is 4.23. The van der Waals surface area contributed by atoms with E-state index in [0.717, 1.165) is 5.56 Å². The fraction of sp³-hybridized carbons (Fsp3) is 0.385. The summed E-state index contributed by atoms with van der Waals surface area (Å²) in [6, 6.07) is 6.94. The van der Waals surface area contributed by atoms with Gasteiger partial charge in [0.05, 0.1) is 4.90 Å². The molecule has 18 heavy (non-hydrogen) atoms. The Balaban J connectivity index is 2.95. The van der Waals surface area contributed by atoms with Crippen molar-refractivity contribution in [1.82, 2.24) is 4.72 Å². The van der Waals surface area contributed by atoms with Crippen molar-refractivity contribution in [1.29, 1.82) is 0 Å². The molecule has 0 radical (unpaired) electrons. The van der Waals surface area contributed by atoms with Crippen LogP contribution in [0.15, 0.2) is 40.2 Å². The molecule has 0 aliphatic carbocycles. The SMILES string of the molecule is C=C(Br)CNS(=O)(=O)c1ccc(C(C)(C)C)cc1. The first-order chi connectivity index (χ1) is 8.13. The number of hydrogen-bond donors (Lipinski definition) is 1. The summed E-state index contributed by atoms with van der Waals surface area (Å²) in [5.41, 5.74) is 1.12. The van der Waals surface area contributed by atoms with Crippen LogP contribution in [0.3, 0.4) is 0 Å². The lowest BCUT2D eigenvalue weighted by molar-refractivity contribution is 0.581. The molecule has 0 aromatic heterocycles. The maximum Gasteiger partial charge on any atom is 0.240 e. The molecule has 1 N–H and O–H groups in total. The van der Waals surface area contributed by atoms with Crippen molar-refractivity contribution in [2.75, 3.05) is 6.54 Å². The van der Waals surface area contributed by atoms with E-state index in [1.54, 1.807) is 12.1 Å². The lowest BCUT2D eigenvalue weighted by Crippen LogP contribution is -2.24. The predicted octanol–water partition coefficient (Wildman–Crippen LogP) is 3.17. The Morgan fingerprint density at radius 2 is 1.78 bits per heavy atom. The minimum absolute atomic E-state index is 0.0138. The maximum absolute atomic E-state index is 11.9. The summed E-state index contributed by atoms with van der Waals surface area (Å²) in [5.74, 6) is 0. The molecule has 0 saturated heterocycles. The highest BCUT2D eigenvalue weighted by Crippen LogP contribution is 2.23. The molecule has 100 valence electrons. The minimum atomic E-state index is -3.46. The molecule has 1 rings (SSSR count). The Hall–Kier alpha value is -0.650. The number of hydrogen-bond acceptors (Lipinski definition) is 2. The number of sulfonamides is 1. The molecule has 1 aromatic carbocycles. The molecule has 0 fully saturated rings. The molecule has 0 spiro atoms. The molecule has 0 atom stereocenters. The molecular formula is C13H18BrNO2S. The first-order valence-electron chi connectivity index (χ1n) is 5.56. The number of halogens is 1. The van der Waals surface area contributed by atoms with Crippen LogP contribution in [-0.2, 0) is 15.4 Å². The van der Waals surface area contributed by atoms with Gasteiger partial charge in [-0.05, 0) is 23.1 Å². The molecule has 5 heteroatoms. The standard InChI is InChI=1S/C13H18BrNO2S/c1-10(14)9-15-18(16,17)12-7-5-11(6-8-12)13(2,3)4/h5-8,15H,1,9H2,2-4H3. The van der Waals surface area contributed by atoms with Gasteiger partial charge in [-0.3, -0.25) is 0 Å². The van der Waals surface area contributed by atoms with Gasteiger partial charge in [-0.1, -0.05) is 55.4 Å². The van der Waals surface area contributed by atoms with Gasteiger partial charge in [0, 0.05) is 11.0 Å². The Morgan fingerprint density at radius 3 is 2.17 bits per heavy atom. The fourth-order valence-corrected chi connectivity index (χ4v) is 2.74. The summed E-state index contributed by atoms with van der Waals surface area (Å²) >= 11 is 3.12. The Kier molecular flexibility index (Phi) is 4.75. The first-order valence-corrected chi connectivity index (χ1v) is 7.84. The van der Waals surface area contributed by atoms with E-state index in [9.17, 15) is 8.42 Å². The lowest BCUT2D eigenvalue weighted by Gasteiger charge is -2.19. The van der Waals surface area contributed by atoms with Crippen LogP contribution in [-0.4, -0.2) is 15.0 Å². The summed E-state index contributed by atoms with van der Waals surface area (Å²) in [4.78, 5) is 0.268. The van der Waals surface area contributed by atoms with E-state index in [1.807, 2.05) is 12.1 Å². The van der Waals surface area contributed by atoms with Crippen molar-refractivity contribution in [3.05, 3.63) is 40.9 Å². The normalized spacial score (nSPS) is 12.4. The molecule has 0 saturated carbocycles. The van der Waals surface area contributed by atoms with Gasteiger partial charge in [0.15, 0.2) is 0 Å². The molecule has 0 heterocycles. The van der Waals surface area contributed by atoms with Gasteiger partial charge in [0.2, 0.25) is 10.0 Å². The van der Waals surface area contributed by atoms with E-state index in [0.29, 0.717) is 4.48 Å². The van der Waals surface area contributed by atoms with Gasteiger partial charge >= 0.3 is 0 Å². The Morgan fingerprint density at radius 1 is 1.28 bits per heavy atom. The van der Waals surface area contributed by atoms with E-state index >= 15 is 0 Å². The molecule has 0 bridgehead atoms. The Bertz CT molecular complexity index is 527. The van der Waals surface area contributed by atoms with Gasteiger partial charge in [0.25, 0.3) is 0 Å². The summed E-state index contributed by atoms with van der Waals surface area (Å²) in [5, 5.41) is 0. The summed E-state index contributed by atoms with van der Waals surface area (Å²) in [6.45, 7) is 10.0. The van der Waals surface area contributed by atoms with Crippen molar-refractivity contribution in [2.24, 2.45) is 0 Å². The number of benzene rings is 1. The highest BCUT2D eigenvalue weighted by molar-refractivity contribution is 9.11. The van der Waals surface area contributed by atoms with Crippen molar-refractivity contribution in [2.45, 2.75) is 31.1 Å². The third-order valence-electron chi connectivity index (χ3n) is 2.48. The van der Waals surface area contributed by atoms with E-state index in [-0.39, 0.29) is 16.9 Å². The van der Waals surface area contributed by atoms with Crippen molar-refractivity contribution < 1.29 is 8.42 Å². The monoisotopic (exact) mass is 331 g/mol. The van der Waals surface area contributed by atoms with Crippen LogP contribution < -0.4 is 4.72 Å². The largest absolute Gasteiger partial charge is 0.240 e. The van der Waals surface area contributed by atoms with E-state index in [2.05, 4.69) is 48.0 Å². The van der Waals surface area contributed by atoms with Crippen molar-refractivity contribution in [3.8, 4) is 0 Å². The Labute approximate surface area is 117 Å². The molecular weight excluding hydrogens is 314 g/mol. The average Bonchev–Trinajstić information content (AvgIpc) is 2.26. The zero-order valence-corrected chi connectivity index (χ0v) is 13.2. The van der Waals surface area contributed by atoms with E-state index < -0.39 is 10.0 Å². The number of rotatable bonds is 4. The average molecular weight is 332 g/mol. The van der Waals surface area contributed by atoms with Crippen molar-refractivity contribution >= 4 is 26.0 Å². The maximum atomic E-state index is 11.9. The zero-order chi connectivity index (χ0) is 14.0. The second-order valence-electron chi connectivity index (χ2n) is 5.12. The molecule has 0 aliphatic heterocycles. The number of nitrogens with one attached hydrogen (secondary N) is 1. The van der Waals surface area contributed by atoms with Crippen LogP contribution in [0.4, 0.5) is 0 Å². The lowest BCUT2D eigenvalue weighted by atomic mass is 9.87. The molecule has 3 nitrogen and oxygen atoms in total. The van der Waals surface area contributed by atoms with Crippen LogP contribution in [0.1, 0.15) is 26.3 Å². The molecule has 0 amide bonds. The summed E-state index contributed by atoms with van der Waals surface area (Å²) < 4.78 is 26.9. The van der Waals surface area contributed by atoms with Gasteiger partial charge in [-0.25, -0.2) is 13.1 Å². The fourth-order valence-electron chi connectivity index (χ4n) is 1.39. The van der Waals surface area contributed by atoms with Gasteiger partial charge in [-0.2, -0.15) is 0 Å². The second kappa shape index (κ2) is 5.55. The smallest absolute Gasteiger partial charge is 0.207 e. The van der Waals surface area contributed by atoms with Crippen LogP contribution >= 0.6 is 15.9 Å². The molecule has 0 aliphatic rings.